The van der Waals surface area contributed by atoms with E-state index in [0.717, 1.165) is 24.8 Å². The summed E-state index contributed by atoms with van der Waals surface area (Å²) in [5.41, 5.74) is 0. The first-order valence-electron chi connectivity index (χ1n) is 8.06. The highest BCUT2D eigenvalue weighted by Gasteiger charge is 2.43. The van der Waals surface area contributed by atoms with Gasteiger partial charge in [-0.1, -0.05) is 6.92 Å². The van der Waals surface area contributed by atoms with Crippen LogP contribution in [0.2, 0.25) is 0 Å². The second-order valence-electron chi connectivity index (χ2n) is 7.21. The molecular formula is C16H25NO3. The van der Waals surface area contributed by atoms with Gasteiger partial charge in [0.25, 0.3) is 0 Å². The molecule has 0 aliphatic heterocycles. The molecule has 2 N–H and O–H groups in total. The third-order valence-electron chi connectivity index (χ3n) is 5.42. The van der Waals surface area contributed by atoms with E-state index in [4.69, 9.17) is 0 Å². The molecular weight excluding hydrogens is 254 g/mol. The molecule has 4 nitrogen and oxygen atoms in total. The molecule has 20 heavy (non-hydrogen) atoms. The van der Waals surface area contributed by atoms with Crippen molar-refractivity contribution in [3.05, 3.63) is 0 Å². The van der Waals surface area contributed by atoms with Crippen LogP contribution in [-0.2, 0) is 9.59 Å². The van der Waals surface area contributed by atoms with Crippen molar-refractivity contribution in [1.29, 1.82) is 0 Å². The van der Waals surface area contributed by atoms with Gasteiger partial charge in [0.05, 0.1) is 11.8 Å². The number of carboxylic acids is 1. The standard InChI is InChI=1S/C16H25NO3/c1-9-6-12(13(7-9)16(19)20)15(18)17-8-14(10-2-3-10)11-4-5-11/h9-14H,2-8H2,1H3,(H,17,18)(H,19,20). The lowest BCUT2D eigenvalue weighted by molar-refractivity contribution is -0.146. The third-order valence-corrected chi connectivity index (χ3v) is 5.42. The minimum atomic E-state index is -0.810. The lowest BCUT2D eigenvalue weighted by atomic mass is 9.94. The zero-order chi connectivity index (χ0) is 14.3. The molecule has 3 saturated carbocycles. The number of carbonyl (C=O) groups is 2. The predicted octanol–water partition coefficient (Wildman–Crippen LogP) is 2.29. The number of rotatable bonds is 6. The molecule has 0 heterocycles. The van der Waals surface area contributed by atoms with E-state index in [1.54, 1.807) is 0 Å². The van der Waals surface area contributed by atoms with Gasteiger partial charge in [0.15, 0.2) is 0 Å². The van der Waals surface area contributed by atoms with E-state index in [1.807, 2.05) is 6.92 Å². The molecule has 0 saturated heterocycles. The van der Waals surface area contributed by atoms with E-state index in [1.165, 1.54) is 25.7 Å². The molecule has 0 aromatic heterocycles. The smallest absolute Gasteiger partial charge is 0.307 e. The summed E-state index contributed by atoms with van der Waals surface area (Å²) < 4.78 is 0. The van der Waals surface area contributed by atoms with Gasteiger partial charge < -0.3 is 10.4 Å². The molecule has 4 heteroatoms. The maximum Gasteiger partial charge on any atom is 0.307 e. The highest BCUT2D eigenvalue weighted by molar-refractivity contribution is 5.85. The predicted molar refractivity (Wildman–Crippen MR) is 75.0 cm³/mol. The van der Waals surface area contributed by atoms with Gasteiger partial charge in [-0.15, -0.1) is 0 Å². The Morgan fingerprint density at radius 1 is 1.10 bits per heavy atom. The van der Waals surface area contributed by atoms with Crippen molar-refractivity contribution in [2.75, 3.05) is 6.54 Å². The van der Waals surface area contributed by atoms with Crippen LogP contribution in [0, 0.1) is 35.5 Å². The van der Waals surface area contributed by atoms with Crippen LogP contribution < -0.4 is 5.32 Å². The summed E-state index contributed by atoms with van der Waals surface area (Å²) in [7, 11) is 0. The van der Waals surface area contributed by atoms with Gasteiger partial charge in [0, 0.05) is 6.54 Å². The van der Waals surface area contributed by atoms with Crippen molar-refractivity contribution in [1.82, 2.24) is 5.32 Å². The summed E-state index contributed by atoms with van der Waals surface area (Å²) in [6, 6.07) is 0. The van der Waals surface area contributed by atoms with Crippen LogP contribution in [-0.4, -0.2) is 23.5 Å². The van der Waals surface area contributed by atoms with Crippen LogP contribution in [0.3, 0.4) is 0 Å². The van der Waals surface area contributed by atoms with Crippen LogP contribution in [0.25, 0.3) is 0 Å². The minimum Gasteiger partial charge on any atom is -0.481 e. The third kappa shape index (κ3) is 2.99. The Bertz CT molecular complexity index is 389. The van der Waals surface area contributed by atoms with E-state index in [2.05, 4.69) is 5.32 Å². The number of amides is 1. The Labute approximate surface area is 120 Å². The SMILES string of the molecule is CC1CC(C(=O)O)C(C(=O)NCC(C2CC2)C2CC2)C1. The second kappa shape index (κ2) is 5.38. The van der Waals surface area contributed by atoms with E-state index >= 15 is 0 Å². The van der Waals surface area contributed by atoms with Gasteiger partial charge in [-0.2, -0.15) is 0 Å². The molecule has 3 aliphatic carbocycles. The fourth-order valence-electron chi connectivity index (χ4n) is 3.97. The molecule has 3 rings (SSSR count). The first-order valence-corrected chi connectivity index (χ1v) is 8.06. The lowest BCUT2D eigenvalue weighted by Gasteiger charge is -2.20. The lowest BCUT2D eigenvalue weighted by Crippen LogP contribution is -2.38. The molecule has 3 fully saturated rings. The van der Waals surface area contributed by atoms with Crippen molar-refractivity contribution in [3.8, 4) is 0 Å². The van der Waals surface area contributed by atoms with Gasteiger partial charge in [0.1, 0.15) is 0 Å². The van der Waals surface area contributed by atoms with Gasteiger partial charge >= 0.3 is 5.97 Å². The minimum absolute atomic E-state index is 0.0203. The van der Waals surface area contributed by atoms with Gasteiger partial charge in [-0.25, -0.2) is 0 Å². The first kappa shape index (κ1) is 13.9. The zero-order valence-corrected chi connectivity index (χ0v) is 12.2. The normalized spacial score (nSPS) is 33.4. The summed E-state index contributed by atoms with van der Waals surface area (Å²) in [6.45, 7) is 2.81. The fraction of sp³-hybridized carbons (Fsp3) is 0.875. The largest absolute Gasteiger partial charge is 0.481 e. The van der Waals surface area contributed by atoms with E-state index in [-0.39, 0.29) is 11.8 Å². The fourth-order valence-corrected chi connectivity index (χ4v) is 3.97. The highest BCUT2D eigenvalue weighted by Crippen LogP contribution is 2.49. The van der Waals surface area contributed by atoms with Crippen LogP contribution in [0.4, 0.5) is 0 Å². The number of hydrogen-bond acceptors (Lipinski definition) is 2. The molecule has 0 bridgehead atoms. The Hall–Kier alpha value is -1.06. The van der Waals surface area contributed by atoms with Crippen molar-refractivity contribution in [3.63, 3.8) is 0 Å². The Morgan fingerprint density at radius 3 is 2.15 bits per heavy atom. The topological polar surface area (TPSA) is 66.4 Å². The average Bonchev–Trinajstić information content (AvgIpc) is 3.29. The van der Waals surface area contributed by atoms with Crippen LogP contribution in [0.15, 0.2) is 0 Å². The Kier molecular flexibility index (Phi) is 3.74. The Morgan fingerprint density at radius 2 is 1.65 bits per heavy atom. The van der Waals surface area contributed by atoms with Crippen LogP contribution in [0.5, 0.6) is 0 Å². The maximum atomic E-state index is 12.3. The summed E-state index contributed by atoms with van der Waals surface area (Å²) in [5, 5.41) is 12.3. The number of hydrogen-bond donors (Lipinski definition) is 2. The molecule has 0 aromatic carbocycles. The molecule has 3 aliphatic rings. The monoisotopic (exact) mass is 279 g/mol. The average molecular weight is 279 g/mol. The summed E-state index contributed by atoms with van der Waals surface area (Å²) >= 11 is 0. The van der Waals surface area contributed by atoms with Crippen molar-refractivity contribution in [2.45, 2.75) is 45.4 Å². The second-order valence-corrected chi connectivity index (χ2v) is 7.21. The Balaban J connectivity index is 1.53. The number of aliphatic carboxylic acids is 1. The first-order chi connectivity index (χ1) is 9.56. The molecule has 0 radical (unpaired) electrons. The molecule has 3 unspecified atom stereocenters. The van der Waals surface area contributed by atoms with Crippen LogP contribution >= 0.6 is 0 Å². The number of nitrogens with one attached hydrogen (secondary N) is 1. The molecule has 3 atom stereocenters. The van der Waals surface area contributed by atoms with Gasteiger partial charge in [-0.05, 0) is 62.2 Å². The quantitative estimate of drug-likeness (QED) is 0.784. The van der Waals surface area contributed by atoms with Crippen molar-refractivity contribution in [2.24, 2.45) is 35.5 Å². The summed E-state index contributed by atoms with van der Waals surface area (Å²) in [4.78, 5) is 23.6. The van der Waals surface area contributed by atoms with Gasteiger partial charge in [-0.3, -0.25) is 9.59 Å². The zero-order valence-electron chi connectivity index (χ0n) is 12.2. The molecule has 0 spiro atoms. The molecule has 112 valence electrons. The number of carboxylic acid groups (broad SMARTS) is 1. The van der Waals surface area contributed by atoms with Crippen LogP contribution in [0.1, 0.15) is 45.4 Å². The number of carbonyl (C=O) groups excluding carboxylic acids is 1. The van der Waals surface area contributed by atoms with Gasteiger partial charge in [0.2, 0.25) is 5.91 Å². The van der Waals surface area contributed by atoms with E-state index in [9.17, 15) is 14.7 Å². The van der Waals surface area contributed by atoms with E-state index in [0.29, 0.717) is 18.3 Å². The summed E-state index contributed by atoms with van der Waals surface area (Å²) in [6.07, 6.45) is 6.62. The van der Waals surface area contributed by atoms with Crippen molar-refractivity contribution < 1.29 is 14.7 Å². The highest BCUT2D eigenvalue weighted by atomic mass is 16.4. The van der Waals surface area contributed by atoms with E-state index < -0.39 is 11.9 Å². The molecule has 0 aromatic rings. The maximum absolute atomic E-state index is 12.3. The van der Waals surface area contributed by atoms with Crippen molar-refractivity contribution >= 4 is 11.9 Å². The molecule has 1 amide bonds. The summed E-state index contributed by atoms with van der Waals surface area (Å²) in [5.74, 6) is 1.01.